The van der Waals surface area contributed by atoms with Crippen LogP contribution in [0.3, 0.4) is 0 Å². The Balaban J connectivity index is 2.37. The lowest BCUT2D eigenvalue weighted by molar-refractivity contribution is 0.0691. The van der Waals surface area contributed by atoms with Crippen molar-refractivity contribution in [1.82, 2.24) is 9.55 Å². The van der Waals surface area contributed by atoms with E-state index in [0.29, 0.717) is 11.4 Å². The first-order valence-corrected chi connectivity index (χ1v) is 5.06. The number of hydrogen-bond acceptors (Lipinski definition) is 2. The zero-order valence-electron chi connectivity index (χ0n) is 9.22. The van der Waals surface area contributed by atoms with Gasteiger partial charge in [-0.15, -0.1) is 0 Å². The Morgan fingerprint density at radius 1 is 1.53 bits per heavy atom. The standard InChI is InChI=1S/C12H11FN2O2/c1-15-6-5-14-10(15)7-8-3-2-4-9(11(8)13)12(16)17/h2-6H,7H2,1H3,(H,16,17). The highest BCUT2D eigenvalue weighted by molar-refractivity contribution is 5.88. The van der Waals surface area contributed by atoms with Gasteiger partial charge in [-0.05, 0) is 11.6 Å². The van der Waals surface area contributed by atoms with E-state index in [2.05, 4.69) is 4.98 Å². The Hall–Kier alpha value is -2.17. The monoisotopic (exact) mass is 234 g/mol. The van der Waals surface area contributed by atoms with E-state index in [-0.39, 0.29) is 12.0 Å². The van der Waals surface area contributed by atoms with Gasteiger partial charge in [-0.3, -0.25) is 0 Å². The third kappa shape index (κ3) is 2.18. The molecule has 0 amide bonds. The van der Waals surface area contributed by atoms with E-state index in [9.17, 15) is 9.18 Å². The average Bonchev–Trinajstić information content (AvgIpc) is 2.67. The lowest BCUT2D eigenvalue weighted by Crippen LogP contribution is -2.06. The number of carboxylic acid groups (broad SMARTS) is 1. The molecule has 0 aliphatic heterocycles. The lowest BCUT2D eigenvalue weighted by Gasteiger charge is -2.05. The van der Waals surface area contributed by atoms with E-state index in [4.69, 9.17) is 5.11 Å². The second-order valence-electron chi connectivity index (χ2n) is 3.71. The van der Waals surface area contributed by atoms with Crippen molar-refractivity contribution in [3.63, 3.8) is 0 Å². The molecule has 0 saturated heterocycles. The van der Waals surface area contributed by atoms with E-state index in [0.717, 1.165) is 0 Å². The SMILES string of the molecule is Cn1ccnc1Cc1cccc(C(=O)O)c1F. The first kappa shape index (κ1) is 11.3. The first-order chi connectivity index (χ1) is 8.09. The molecule has 1 N–H and O–H groups in total. The van der Waals surface area contributed by atoms with Crippen LogP contribution in [0, 0.1) is 5.82 Å². The minimum atomic E-state index is -1.26. The molecule has 0 saturated carbocycles. The summed E-state index contributed by atoms with van der Waals surface area (Å²) in [5.41, 5.74) is 0.0240. The predicted octanol–water partition coefficient (Wildman–Crippen LogP) is 1.85. The smallest absolute Gasteiger partial charge is 0.338 e. The zero-order chi connectivity index (χ0) is 12.4. The number of halogens is 1. The molecule has 0 fully saturated rings. The number of carbonyl (C=O) groups is 1. The minimum Gasteiger partial charge on any atom is -0.478 e. The molecule has 0 aliphatic rings. The van der Waals surface area contributed by atoms with Crippen LogP contribution in [0.1, 0.15) is 21.7 Å². The Morgan fingerprint density at radius 3 is 2.88 bits per heavy atom. The fourth-order valence-corrected chi connectivity index (χ4v) is 1.62. The van der Waals surface area contributed by atoms with Crippen LogP contribution in [-0.4, -0.2) is 20.6 Å². The number of hydrogen-bond donors (Lipinski definition) is 1. The molecule has 0 spiro atoms. The number of carboxylic acids is 1. The highest BCUT2D eigenvalue weighted by Gasteiger charge is 2.14. The molecule has 88 valence electrons. The van der Waals surface area contributed by atoms with Gasteiger partial charge < -0.3 is 9.67 Å². The van der Waals surface area contributed by atoms with E-state index < -0.39 is 11.8 Å². The Labute approximate surface area is 97.3 Å². The first-order valence-electron chi connectivity index (χ1n) is 5.06. The lowest BCUT2D eigenvalue weighted by atomic mass is 10.1. The molecule has 17 heavy (non-hydrogen) atoms. The fourth-order valence-electron chi connectivity index (χ4n) is 1.62. The number of aromatic carboxylic acids is 1. The second-order valence-corrected chi connectivity index (χ2v) is 3.71. The molecule has 0 unspecified atom stereocenters. The van der Waals surface area contributed by atoms with Gasteiger partial charge >= 0.3 is 5.97 Å². The maximum absolute atomic E-state index is 13.8. The summed E-state index contributed by atoms with van der Waals surface area (Å²) in [7, 11) is 1.81. The average molecular weight is 234 g/mol. The van der Waals surface area contributed by atoms with Gasteiger partial charge in [0, 0.05) is 25.9 Å². The highest BCUT2D eigenvalue weighted by atomic mass is 19.1. The van der Waals surface area contributed by atoms with Crippen molar-refractivity contribution < 1.29 is 14.3 Å². The maximum atomic E-state index is 13.8. The van der Waals surface area contributed by atoms with Gasteiger partial charge in [-0.1, -0.05) is 12.1 Å². The number of benzene rings is 1. The summed E-state index contributed by atoms with van der Waals surface area (Å²) in [5.74, 6) is -1.27. The number of aryl methyl sites for hydroxylation is 1. The number of aromatic nitrogens is 2. The topological polar surface area (TPSA) is 55.1 Å². The summed E-state index contributed by atoms with van der Waals surface area (Å²) < 4.78 is 15.6. The van der Waals surface area contributed by atoms with Crippen molar-refractivity contribution in [2.24, 2.45) is 7.05 Å². The van der Waals surface area contributed by atoms with E-state index in [1.165, 1.54) is 12.1 Å². The van der Waals surface area contributed by atoms with Crippen LogP contribution in [0.5, 0.6) is 0 Å². The molecule has 0 bridgehead atoms. The molecule has 0 atom stereocenters. The molecule has 2 aromatic rings. The third-order valence-electron chi connectivity index (χ3n) is 2.58. The van der Waals surface area contributed by atoms with Crippen molar-refractivity contribution in [3.8, 4) is 0 Å². The van der Waals surface area contributed by atoms with Gasteiger partial charge in [0.05, 0.1) is 5.56 Å². The quantitative estimate of drug-likeness (QED) is 0.881. The summed E-state index contributed by atoms with van der Waals surface area (Å²) >= 11 is 0. The molecule has 0 radical (unpaired) electrons. The molecule has 1 heterocycles. The Bertz CT molecular complexity index is 563. The summed E-state index contributed by atoms with van der Waals surface area (Å²) in [4.78, 5) is 14.9. The van der Waals surface area contributed by atoms with E-state index in [1.807, 2.05) is 0 Å². The Kier molecular flexibility index (Phi) is 2.91. The molecule has 2 rings (SSSR count). The van der Waals surface area contributed by atoms with Gasteiger partial charge in [0.1, 0.15) is 11.6 Å². The summed E-state index contributed by atoms with van der Waals surface area (Å²) in [6.07, 6.45) is 3.65. The van der Waals surface area contributed by atoms with E-state index >= 15 is 0 Å². The van der Waals surface area contributed by atoms with Crippen molar-refractivity contribution in [3.05, 3.63) is 53.4 Å². The molecular formula is C12H11FN2O2. The summed E-state index contributed by atoms with van der Waals surface area (Å²) in [6.45, 7) is 0. The molecule has 4 nitrogen and oxygen atoms in total. The summed E-state index contributed by atoms with van der Waals surface area (Å²) in [6, 6.07) is 4.35. The van der Waals surface area contributed by atoms with Gasteiger partial charge in [-0.25, -0.2) is 14.2 Å². The largest absolute Gasteiger partial charge is 0.478 e. The van der Waals surface area contributed by atoms with Crippen molar-refractivity contribution in [2.45, 2.75) is 6.42 Å². The van der Waals surface area contributed by atoms with Crippen molar-refractivity contribution in [2.75, 3.05) is 0 Å². The molecule has 0 aliphatic carbocycles. The molecule has 1 aromatic heterocycles. The second kappa shape index (κ2) is 4.37. The molecule has 5 heteroatoms. The van der Waals surface area contributed by atoms with Crippen molar-refractivity contribution in [1.29, 1.82) is 0 Å². The number of rotatable bonds is 3. The van der Waals surface area contributed by atoms with Crippen molar-refractivity contribution >= 4 is 5.97 Å². The highest BCUT2D eigenvalue weighted by Crippen LogP contribution is 2.16. The normalized spacial score (nSPS) is 10.5. The van der Waals surface area contributed by atoms with Crippen LogP contribution < -0.4 is 0 Å². The Morgan fingerprint density at radius 2 is 2.29 bits per heavy atom. The van der Waals surface area contributed by atoms with Gasteiger partial charge in [-0.2, -0.15) is 0 Å². The van der Waals surface area contributed by atoms with Crippen LogP contribution in [0.25, 0.3) is 0 Å². The van der Waals surface area contributed by atoms with Crippen LogP contribution in [-0.2, 0) is 13.5 Å². The van der Waals surface area contributed by atoms with Gasteiger partial charge in [0.2, 0.25) is 0 Å². The van der Waals surface area contributed by atoms with Crippen LogP contribution in [0.4, 0.5) is 4.39 Å². The minimum absolute atomic E-state index is 0.274. The third-order valence-corrected chi connectivity index (χ3v) is 2.58. The number of imidazole rings is 1. The van der Waals surface area contributed by atoms with Crippen LogP contribution in [0.15, 0.2) is 30.6 Å². The molecular weight excluding hydrogens is 223 g/mol. The van der Waals surface area contributed by atoms with Gasteiger partial charge in [0.15, 0.2) is 0 Å². The van der Waals surface area contributed by atoms with Crippen LogP contribution in [0.2, 0.25) is 0 Å². The van der Waals surface area contributed by atoms with Crippen LogP contribution >= 0.6 is 0 Å². The number of nitrogens with zero attached hydrogens (tertiary/aromatic N) is 2. The van der Waals surface area contributed by atoms with Gasteiger partial charge in [0.25, 0.3) is 0 Å². The summed E-state index contributed by atoms with van der Waals surface area (Å²) in [5, 5.41) is 8.81. The zero-order valence-corrected chi connectivity index (χ0v) is 9.22. The molecule has 1 aromatic carbocycles. The fraction of sp³-hybridized carbons (Fsp3) is 0.167. The van der Waals surface area contributed by atoms with E-state index in [1.54, 1.807) is 30.1 Å². The maximum Gasteiger partial charge on any atom is 0.338 e. The predicted molar refractivity (Wildman–Crippen MR) is 59.4 cm³/mol.